The van der Waals surface area contributed by atoms with Crippen molar-refractivity contribution in [1.29, 1.82) is 0 Å². The van der Waals surface area contributed by atoms with Crippen molar-refractivity contribution in [2.24, 2.45) is 0 Å². The molecule has 0 aliphatic carbocycles. The molecule has 0 atom stereocenters. The predicted molar refractivity (Wildman–Crippen MR) is 91.9 cm³/mol. The van der Waals surface area contributed by atoms with Crippen LogP contribution in [-0.4, -0.2) is 45.1 Å². The average Bonchev–Trinajstić information content (AvgIpc) is 2.49. The molecule has 5 heteroatoms. The van der Waals surface area contributed by atoms with Crippen LogP contribution in [0.25, 0.3) is 0 Å². The number of nitrogens with one attached hydrogen (secondary N) is 1. The molecule has 0 bridgehead atoms. The van der Waals surface area contributed by atoms with Crippen molar-refractivity contribution in [3.8, 4) is 0 Å². The normalized spacial score (nSPS) is 10.9. The van der Waals surface area contributed by atoms with Gasteiger partial charge in [-0.15, -0.1) is 0 Å². The number of anilines is 1. The molecule has 2 N–H and O–H groups in total. The van der Waals surface area contributed by atoms with Crippen LogP contribution >= 0.6 is 15.9 Å². The predicted octanol–water partition coefficient (Wildman–Crippen LogP) is 2.78. The van der Waals surface area contributed by atoms with Crippen LogP contribution in [0.3, 0.4) is 0 Å². The van der Waals surface area contributed by atoms with Crippen molar-refractivity contribution >= 4 is 21.6 Å². The van der Waals surface area contributed by atoms with E-state index in [1.807, 2.05) is 0 Å². The van der Waals surface area contributed by atoms with Crippen molar-refractivity contribution < 1.29 is 9.84 Å². The standard InChI is InChI=1S/C16H27BrN2O2/c1-3-4-8-19(9-10-20)15-6-5-14(16(17)12-15)13-18-7-11-21-2/h5-6,12,18,20H,3-4,7-11,13H2,1-2H3. The Morgan fingerprint density at radius 2 is 2.14 bits per heavy atom. The first kappa shape index (κ1) is 18.4. The minimum absolute atomic E-state index is 0.182. The number of rotatable bonds is 11. The number of hydrogen-bond donors (Lipinski definition) is 2. The molecule has 21 heavy (non-hydrogen) atoms. The van der Waals surface area contributed by atoms with Crippen LogP contribution in [0, 0.1) is 0 Å². The summed E-state index contributed by atoms with van der Waals surface area (Å²) in [4.78, 5) is 2.23. The van der Waals surface area contributed by atoms with Gasteiger partial charge in [-0.25, -0.2) is 0 Å². The van der Waals surface area contributed by atoms with E-state index < -0.39 is 0 Å². The smallest absolute Gasteiger partial charge is 0.0606 e. The summed E-state index contributed by atoms with van der Waals surface area (Å²) in [5, 5.41) is 12.6. The van der Waals surface area contributed by atoms with Crippen LogP contribution in [0.15, 0.2) is 22.7 Å². The van der Waals surface area contributed by atoms with E-state index in [4.69, 9.17) is 4.74 Å². The third-order valence-corrected chi connectivity index (χ3v) is 4.09. The van der Waals surface area contributed by atoms with E-state index in [1.165, 1.54) is 5.56 Å². The highest BCUT2D eigenvalue weighted by molar-refractivity contribution is 9.10. The molecular weight excluding hydrogens is 332 g/mol. The van der Waals surface area contributed by atoms with E-state index in [2.05, 4.69) is 51.3 Å². The maximum absolute atomic E-state index is 9.21. The molecule has 1 aromatic rings. The van der Waals surface area contributed by atoms with Gasteiger partial charge in [-0.1, -0.05) is 35.3 Å². The van der Waals surface area contributed by atoms with Gasteiger partial charge in [0.25, 0.3) is 0 Å². The first-order chi connectivity index (χ1) is 10.2. The number of unbranched alkanes of at least 4 members (excludes halogenated alkanes) is 1. The first-order valence-corrected chi connectivity index (χ1v) is 8.36. The molecule has 0 radical (unpaired) electrons. The minimum atomic E-state index is 0.182. The average molecular weight is 359 g/mol. The number of aliphatic hydroxyl groups is 1. The Morgan fingerprint density at radius 1 is 1.33 bits per heavy atom. The maximum atomic E-state index is 9.21. The van der Waals surface area contributed by atoms with Gasteiger partial charge in [0.2, 0.25) is 0 Å². The third kappa shape index (κ3) is 6.78. The van der Waals surface area contributed by atoms with E-state index in [1.54, 1.807) is 7.11 Å². The summed E-state index contributed by atoms with van der Waals surface area (Å²) < 4.78 is 6.12. The molecule has 0 saturated carbocycles. The highest BCUT2D eigenvalue weighted by Gasteiger charge is 2.08. The Bertz CT molecular complexity index is 402. The number of nitrogens with zero attached hydrogens (tertiary/aromatic N) is 1. The lowest BCUT2D eigenvalue weighted by atomic mass is 10.2. The van der Waals surface area contributed by atoms with Gasteiger partial charge in [0.05, 0.1) is 13.2 Å². The largest absolute Gasteiger partial charge is 0.395 e. The summed E-state index contributed by atoms with van der Waals surface area (Å²) in [7, 11) is 1.71. The number of halogens is 1. The van der Waals surface area contributed by atoms with Gasteiger partial charge in [-0.3, -0.25) is 0 Å². The van der Waals surface area contributed by atoms with E-state index in [0.29, 0.717) is 6.54 Å². The lowest BCUT2D eigenvalue weighted by Gasteiger charge is -2.24. The second-order valence-corrected chi connectivity index (χ2v) is 5.86. The Morgan fingerprint density at radius 3 is 2.76 bits per heavy atom. The van der Waals surface area contributed by atoms with E-state index in [-0.39, 0.29) is 6.61 Å². The summed E-state index contributed by atoms with van der Waals surface area (Å²) >= 11 is 3.64. The summed E-state index contributed by atoms with van der Waals surface area (Å²) in [5.74, 6) is 0. The van der Waals surface area contributed by atoms with E-state index in [0.717, 1.165) is 49.2 Å². The molecule has 1 rings (SSSR count). The van der Waals surface area contributed by atoms with Crippen molar-refractivity contribution in [1.82, 2.24) is 5.32 Å². The molecule has 0 aliphatic rings. The van der Waals surface area contributed by atoms with Crippen LogP contribution in [0.2, 0.25) is 0 Å². The summed E-state index contributed by atoms with van der Waals surface area (Å²) in [6.07, 6.45) is 2.29. The number of aliphatic hydroxyl groups excluding tert-OH is 1. The topological polar surface area (TPSA) is 44.7 Å². The molecule has 120 valence electrons. The molecule has 0 heterocycles. The molecule has 0 aliphatic heterocycles. The van der Waals surface area contributed by atoms with Gasteiger partial charge >= 0.3 is 0 Å². The van der Waals surface area contributed by atoms with Gasteiger partial charge in [0.15, 0.2) is 0 Å². The molecular formula is C16H27BrN2O2. The number of methoxy groups -OCH3 is 1. The van der Waals surface area contributed by atoms with Gasteiger partial charge < -0.3 is 20.1 Å². The number of hydrogen-bond acceptors (Lipinski definition) is 4. The lowest BCUT2D eigenvalue weighted by Crippen LogP contribution is -2.27. The van der Waals surface area contributed by atoms with Gasteiger partial charge in [0, 0.05) is 43.4 Å². The fourth-order valence-electron chi connectivity index (χ4n) is 2.11. The fourth-order valence-corrected chi connectivity index (χ4v) is 2.62. The summed E-state index contributed by atoms with van der Waals surface area (Å²) in [5.41, 5.74) is 2.39. The molecule has 0 spiro atoms. The Hall–Kier alpha value is -0.620. The quantitative estimate of drug-likeness (QED) is 0.597. The van der Waals surface area contributed by atoms with Crippen molar-refractivity contribution in [3.05, 3.63) is 28.2 Å². The van der Waals surface area contributed by atoms with Crippen LogP contribution < -0.4 is 10.2 Å². The monoisotopic (exact) mass is 358 g/mol. The van der Waals surface area contributed by atoms with E-state index >= 15 is 0 Å². The van der Waals surface area contributed by atoms with Crippen molar-refractivity contribution in [3.63, 3.8) is 0 Å². The van der Waals surface area contributed by atoms with Crippen LogP contribution in [0.5, 0.6) is 0 Å². The Balaban J connectivity index is 2.65. The highest BCUT2D eigenvalue weighted by atomic mass is 79.9. The molecule has 0 saturated heterocycles. The SMILES string of the molecule is CCCCN(CCO)c1ccc(CNCCOC)c(Br)c1. The van der Waals surface area contributed by atoms with E-state index in [9.17, 15) is 5.11 Å². The van der Waals surface area contributed by atoms with Crippen molar-refractivity contribution in [2.45, 2.75) is 26.3 Å². The zero-order valence-electron chi connectivity index (χ0n) is 13.1. The summed E-state index contributed by atoms with van der Waals surface area (Å²) in [6.45, 7) is 6.41. The summed E-state index contributed by atoms with van der Waals surface area (Å²) in [6, 6.07) is 6.40. The highest BCUT2D eigenvalue weighted by Crippen LogP contribution is 2.24. The zero-order chi connectivity index (χ0) is 15.5. The molecule has 0 fully saturated rings. The fraction of sp³-hybridized carbons (Fsp3) is 0.625. The Labute approximate surface area is 136 Å². The first-order valence-electron chi connectivity index (χ1n) is 7.56. The van der Waals surface area contributed by atoms with Crippen LogP contribution in [0.4, 0.5) is 5.69 Å². The van der Waals surface area contributed by atoms with Gasteiger partial charge in [-0.2, -0.15) is 0 Å². The molecule has 0 unspecified atom stereocenters. The van der Waals surface area contributed by atoms with Crippen LogP contribution in [-0.2, 0) is 11.3 Å². The molecule has 0 aromatic heterocycles. The minimum Gasteiger partial charge on any atom is -0.395 e. The molecule has 0 amide bonds. The second kappa shape index (κ2) is 11.0. The van der Waals surface area contributed by atoms with Gasteiger partial charge in [-0.05, 0) is 24.1 Å². The maximum Gasteiger partial charge on any atom is 0.0606 e. The van der Waals surface area contributed by atoms with Crippen LogP contribution in [0.1, 0.15) is 25.3 Å². The zero-order valence-corrected chi connectivity index (χ0v) is 14.7. The van der Waals surface area contributed by atoms with Gasteiger partial charge in [0.1, 0.15) is 0 Å². The van der Waals surface area contributed by atoms with Crippen molar-refractivity contribution in [2.75, 3.05) is 44.9 Å². The number of benzene rings is 1. The lowest BCUT2D eigenvalue weighted by molar-refractivity contribution is 0.199. The third-order valence-electron chi connectivity index (χ3n) is 3.35. The molecule has 4 nitrogen and oxygen atoms in total. The second-order valence-electron chi connectivity index (χ2n) is 5.01. The number of ether oxygens (including phenoxy) is 1. The molecule has 1 aromatic carbocycles. The Kier molecular flexibility index (Phi) is 9.67.